The van der Waals surface area contributed by atoms with E-state index in [1.54, 1.807) is 12.3 Å². The van der Waals surface area contributed by atoms with Gasteiger partial charge in [-0.05, 0) is 87.1 Å². The number of halogens is 1. The minimum atomic E-state index is -1.76. The largest absolute Gasteiger partial charge is 0.370 e. The maximum absolute atomic E-state index is 14.7. The number of guanidine groups is 2. The molecular formula is C50H70FN15O10. The number of fused-ring (bicyclic) bond motifs is 1. The third-order valence-corrected chi connectivity index (χ3v) is 12.5. The fourth-order valence-electron chi connectivity index (χ4n) is 8.63. The van der Waals surface area contributed by atoms with Gasteiger partial charge in [-0.2, -0.15) is 0 Å². The monoisotopic (exact) mass is 1060 g/mol. The van der Waals surface area contributed by atoms with Gasteiger partial charge in [0.1, 0.15) is 35.8 Å². The van der Waals surface area contributed by atoms with Crippen LogP contribution in [0.2, 0.25) is 0 Å². The second kappa shape index (κ2) is 30.0. The van der Waals surface area contributed by atoms with E-state index in [1.807, 2.05) is 18.2 Å². The molecule has 1 aliphatic rings. The first-order valence-electron chi connectivity index (χ1n) is 24.9. The lowest BCUT2D eigenvalue weighted by molar-refractivity contribution is -0.136. The van der Waals surface area contributed by atoms with Gasteiger partial charge in [-0.1, -0.05) is 30.3 Å². The molecule has 0 spiro atoms. The van der Waals surface area contributed by atoms with E-state index in [9.17, 15) is 52.3 Å². The van der Waals surface area contributed by atoms with Crippen molar-refractivity contribution >= 4 is 81.6 Å². The maximum Gasteiger partial charge on any atom is 0.243 e. The van der Waals surface area contributed by atoms with Crippen LogP contribution < -0.4 is 66.3 Å². The summed E-state index contributed by atoms with van der Waals surface area (Å²) >= 11 is 0. The number of rotatable bonds is 18. The number of amides is 8. The Morgan fingerprint density at radius 2 is 1.41 bits per heavy atom. The first kappa shape index (κ1) is 60.1. The minimum absolute atomic E-state index is 0.00550. The van der Waals surface area contributed by atoms with E-state index < -0.39 is 126 Å². The van der Waals surface area contributed by atoms with Gasteiger partial charge >= 0.3 is 0 Å². The number of aliphatic imine (C=N–C) groups is 2. The number of primary amides is 2. The molecule has 25 nitrogen and oxygen atoms in total. The van der Waals surface area contributed by atoms with Crippen LogP contribution in [0, 0.1) is 17.7 Å². The summed E-state index contributed by atoms with van der Waals surface area (Å²) in [6.07, 6.45) is -0.745. The van der Waals surface area contributed by atoms with Crippen LogP contribution in [0.15, 0.2) is 64.7 Å². The molecule has 1 fully saturated rings. The number of carbonyl (C=O) groups is 10. The quantitative estimate of drug-likeness (QED) is 0.0367. The fraction of sp³-hybridized carbons (Fsp3) is 0.480. The topological polar surface area (TPSA) is 440 Å². The molecule has 0 bridgehead atoms. The highest BCUT2D eigenvalue weighted by atomic mass is 19.1. The van der Waals surface area contributed by atoms with E-state index in [2.05, 4.69) is 46.9 Å². The van der Waals surface area contributed by atoms with Crippen molar-refractivity contribution in [2.45, 2.75) is 121 Å². The average molecular weight is 1060 g/mol. The molecular weight excluding hydrogens is 990 g/mol. The number of para-hydroxylation sites is 1. The molecule has 1 aliphatic heterocycles. The van der Waals surface area contributed by atoms with Crippen molar-refractivity contribution in [3.63, 3.8) is 0 Å². The average Bonchev–Trinajstić information content (AvgIpc) is 3.77. The molecule has 0 unspecified atom stereocenters. The van der Waals surface area contributed by atoms with Gasteiger partial charge in [0.2, 0.25) is 47.3 Å². The third-order valence-electron chi connectivity index (χ3n) is 12.5. The van der Waals surface area contributed by atoms with Gasteiger partial charge in [0.05, 0.1) is 12.5 Å². The summed E-state index contributed by atoms with van der Waals surface area (Å²) in [7, 11) is 0. The lowest BCUT2D eigenvalue weighted by Gasteiger charge is -2.27. The second-order valence-corrected chi connectivity index (χ2v) is 18.6. The zero-order chi connectivity index (χ0) is 55.9. The van der Waals surface area contributed by atoms with Gasteiger partial charge in [-0.25, -0.2) is 4.39 Å². The summed E-state index contributed by atoms with van der Waals surface area (Å²) in [5.41, 5.74) is 35.1. The van der Waals surface area contributed by atoms with Gasteiger partial charge in [0, 0.05) is 74.8 Å². The molecule has 0 radical (unpaired) electrons. The van der Waals surface area contributed by atoms with Crippen LogP contribution in [0.25, 0.3) is 10.9 Å². The number of benzene rings is 2. The molecule has 1 saturated heterocycles. The van der Waals surface area contributed by atoms with Crippen LogP contribution in [0.3, 0.4) is 0 Å². The van der Waals surface area contributed by atoms with Crippen LogP contribution in [0.1, 0.15) is 88.7 Å². The van der Waals surface area contributed by atoms with Crippen molar-refractivity contribution in [2.75, 3.05) is 19.6 Å². The van der Waals surface area contributed by atoms with Crippen molar-refractivity contribution < 1.29 is 52.3 Å². The predicted octanol–water partition coefficient (Wildman–Crippen LogP) is -2.16. The summed E-state index contributed by atoms with van der Waals surface area (Å²) in [5, 5.41) is 16.2. The Morgan fingerprint density at radius 1 is 0.750 bits per heavy atom. The summed E-state index contributed by atoms with van der Waals surface area (Å²) in [4.78, 5) is 148. The van der Waals surface area contributed by atoms with Gasteiger partial charge in [-0.15, -0.1) is 0 Å². The van der Waals surface area contributed by atoms with E-state index in [4.69, 9.17) is 34.4 Å². The molecule has 4 rings (SSSR count). The summed E-state index contributed by atoms with van der Waals surface area (Å²) in [5.74, 6) is -11.4. The highest BCUT2D eigenvalue weighted by Gasteiger charge is 2.35. The Labute approximate surface area is 437 Å². The molecule has 8 amide bonds. The molecule has 19 N–H and O–H groups in total. The standard InChI is InChI=1S/C50H70FN15O10/c1-27(67)62-36(10-6-20-60-50(56)57)46(74)64-37-11-5-18-58-43(71)17-16-35(44(53)72)63-45(73)30(22-31-26-61-34-9-3-2-8-33(31)34)24-40(68)29(7-4-19-59-49(54)55)23-41(69)38(21-28-12-14-32(51)15-13-28)65-48(76)39(25-42(52)70)66-47(37)75/h2-3,8-9,12-15,26,29-30,35-39,61H,4-7,10-11,16-25H2,1H3,(H2,52,70)(H2,53,72)(H,58,71)(H,62,67)(H,63,73)(H,64,74)(H,65,76)(H,66,75)(H4,54,55,59)(H4,56,57,60)/t29-,30-,35+,36+,37+,38-,39+/m1/s1. The number of Topliss-reactive ketones (excluding diaryl/α,β-unsaturated/α-hetero) is 2. The number of nitrogens with zero attached hydrogens (tertiary/aromatic N) is 2. The predicted molar refractivity (Wildman–Crippen MR) is 278 cm³/mol. The van der Waals surface area contributed by atoms with Gasteiger partial charge in [0.25, 0.3) is 0 Å². The van der Waals surface area contributed by atoms with E-state index in [0.29, 0.717) is 11.1 Å². The van der Waals surface area contributed by atoms with Gasteiger partial charge < -0.3 is 71.3 Å². The normalized spacial score (nSPS) is 21.1. The number of H-pyrrole nitrogens is 1. The summed E-state index contributed by atoms with van der Waals surface area (Å²) in [6.45, 7) is 1.22. The number of hydrogen-bond acceptors (Lipinski definition) is 12. The third kappa shape index (κ3) is 20.5. The summed E-state index contributed by atoms with van der Waals surface area (Å²) < 4.78 is 14.1. The van der Waals surface area contributed by atoms with Crippen molar-refractivity contribution in [1.29, 1.82) is 0 Å². The van der Waals surface area contributed by atoms with E-state index in [1.165, 1.54) is 19.1 Å². The van der Waals surface area contributed by atoms with Crippen molar-refractivity contribution in [3.05, 3.63) is 71.7 Å². The van der Waals surface area contributed by atoms with Crippen LogP contribution >= 0.6 is 0 Å². The molecule has 1 aromatic heterocycles. The zero-order valence-corrected chi connectivity index (χ0v) is 42.4. The number of nitrogens with two attached hydrogens (primary N) is 6. The minimum Gasteiger partial charge on any atom is -0.370 e. The SMILES string of the molecule is CC(=O)N[C@@H](CCCN=C(N)N)C(=O)N[C@H]1CCCNC(=O)CC[C@@H](C(N)=O)NC(=O)[C@H](Cc2c[nH]c3ccccc23)CC(=O)[C@H](CCCN=C(N)N)CC(=O)[C@@H](Cc2ccc(F)cc2)NC(=O)[C@H](CC(N)=O)NC1=O. The van der Waals surface area contributed by atoms with Crippen LogP contribution in [-0.4, -0.2) is 126 Å². The number of aromatic amines is 1. The fourth-order valence-corrected chi connectivity index (χ4v) is 8.63. The Kier molecular flexibility index (Phi) is 23.8. The lowest BCUT2D eigenvalue weighted by Crippen LogP contribution is -2.58. The lowest BCUT2D eigenvalue weighted by atomic mass is 9.83. The number of carbonyl (C=O) groups excluding carboxylic acids is 10. The molecule has 3 aromatic rings. The first-order chi connectivity index (χ1) is 36.1. The number of aromatic nitrogens is 1. The first-order valence-corrected chi connectivity index (χ1v) is 24.9. The number of ketones is 2. The maximum atomic E-state index is 14.7. The van der Waals surface area contributed by atoms with E-state index in [0.717, 1.165) is 23.0 Å². The molecule has 2 aromatic carbocycles. The molecule has 0 saturated carbocycles. The summed E-state index contributed by atoms with van der Waals surface area (Å²) in [6, 6.07) is 4.95. The molecule has 0 aliphatic carbocycles. The Hall–Kier alpha value is -8.45. The molecule has 412 valence electrons. The van der Waals surface area contributed by atoms with Crippen LogP contribution in [0.4, 0.5) is 4.39 Å². The van der Waals surface area contributed by atoms with Crippen molar-refractivity contribution in [2.24, 2.45) is 56.2 Å². The Morgan fingerprint density at radius 3 is 2.07 bits per heavy atom. The van der Waals surface area contributed by atoms with Crippen molar-refractivity contribution in [3.8, 4) is 0 Å². The van der Waals surface area contributed by atoms with Gasteiger partial charge in [0.15, 0.2) is 17.7 Å². The highest BCUT2D eigenvalue weighted by Crippen LogP contribution is 2.26. The van der Waals surface area contributed by atoms with Gasteiger partial charge in [-0.3, -0.25) is 57.9 Å². The second-order valence-electron chi connectivity index (χ2n) is 18.6. The molecule has 2 heterocycles. The number of nitrogens with one attached hydrogen (secondary N) is 7. The molecule has 76 heavy (non-hydrogen) atoms. The van der Waals surface area contributed by atoms with E-state index >= 15 is 0 Å². The highest BCUT2D eigenvalue weighted by molar-refractivity contribution is 5.99. The Bertz CT molecular complexity index is 2620. The number of hydrogen-bond donors (Lipinski definition) is 13. The molecule has 26 heteroatoms. The smallest absolute Gasteiger partial charge is 0.243 e. The van der Waals surface area contributed by atoms with E-state index in [-0.39, 0.29) is 95.8 Å². The van der Waals surface area contributed by atoms with Crippen LogP contribution in [0.5, 0.6) is 0 Å². The van der Waals surface area contributed by atoms with Crippen LogP contribution in [-0.2, 0) is 60.8 Å². The van der Waals surface area contributed by atoms with Crippen molar-refractivity contribution in [1.82, 2.24) is 36.9 Å². The molecule has 7 atom stereocenters. The Balaban J connectivity index is 1.79. The zero-order valence-electron chi connectivity index (χ0n) is 42.4.